The molecule has 1 aliphatic rings. The van der Waals surface area contributed by atoms with Crippen molar-refractivity contribution < 1.29 is 19.4 Å². The predicted molar refractivity (Wildman–Crippen MR) is 53.5 cm³/mol. The van der Waals surface area contributed by atoms with Gasteiger partial charge in [0.1, 0.15) is 0 Å². The molecule has 1 heterocycles. The molecule has 1 atom stereocenters. The molecule has 0 spiro atoms. The summed E-state index contributed by atoms with van der Waals surface area (Å²) in [5.74, 6) is -1.07. The lowest BCUT2D eigenvalue weighted by molar-refractivity contribution is -0.140. The minimum Gasteiger partial charge on any atom is -0.481 e. The number of carboxylic acid groups (broad SMARTS) is 1. The van der Waals surface area contributed by atoms with Crippen molar-refractivity contribution in [1.29, 1.82) is 0 Å². The van der Waals surface area contributed by atoms with Crippen LogP contribution in [0.5, 0.6) is 0 Å². The number of nitrogens with zero attached hydrogens (tertiary/aromatic N) is 1. The van der Waals surface area contributed by atoms with Crippen molar-refractivity contribution in [2.24, 2.45) is 0 Å². The van der Waals surface area contributed by atoms with Gasteiger partial charge in [-0.05, 0) is 12.8 Å². The summed E-state index contributed by atoms with van der Waals surface area (Å²) in [6.07, 6.45) is 2.12. The number of ether oxygens (including phenoxy) is 1. The maximum Gasteiger partial charge on any atom is 0.303 e. The molecule has 5 heteroatoms. The van der Waals surface area contributed by atoms with Crippen LogP contribution >= 0.6 is 0 Å². The molecule has 0 aliphatic carbocycles. The molecule has 15 heavy (non-hydrogen) atoms. The van der Waals surface area contributed by atoms with Gasteiger partial charge in [-0.15, -0.1) is 0 Å². The molecule has 1 aliphatic heterocycles. The predicted octanol–water partition coefficient (Wildman–Crippen LogP) is 0.489. The standard InChI is InChI=1S/C10H17NO4/c1-11(7-8-3-2-6-15-8)9(12)4-5-10(13)14/h8H,2-7H2,1H3,(H,13,14). The van der Waals surface area contributed by atoms with E-state index in [-0.39, 0.29) is 24.9 Å². The zero-order chi connectivity index (χ0) is 11.3. The van der Waals surface area contributed by atoms with Gasteiger partial charge in [0, 0.05) is 26.6 Å². The quantitative estimate of drug-likeness (QED) is 0.724. The van der Waals surface area contributed by atoms with Gasteiger partial charge in [-0.3, -0.25) is 9.59 Å². The second kappa shape index (κ2) is 5.70. The third-order valence-electron chi connectivity index (χ3n) is 2.48. The van der Waals surface area contributed by atoms with Gasteiger partial charge in [0.05, 0.1) is 12.5 Å². The molecule has 5 nitrogen and oxygen atoms in total. The van der Waals surface area contributed by atoms with Crippen LogP contribution in [0, 0.1) is 0 Å². The van der Waals surface area contributed by atoms with Crippen molar-refractivity contribution >= 4 is 11.9 Å². The lowest BCUT2D eigenvalue weighted by atomic mass is 10.2. The second-order valence-corrected chi connectivity index (χ2v) is 3.80. The summed E-state index contributed by atoms with van der Waals surface area (Å²) in [7, 11) is 1.69. The summed E-state index contributed by atoms with van der Waals surface area (Å²) in [6, 6.07) is 0. The van der Waals surface area contributed by atoms with E-state index in [0.29, 0.717) is 6.54 Å². The molecular weight excluding hydrogens is 198 g/mol. The molecule has 1 amide bonds. The maximum atomic E-state index is 11.4. The Labute approximate surface area is 89.0 Å². The molecule has 0 radical (unpaired) electrons. The summed E-state index contributed by atoms with van der Waals surface area (Å²) in [4.78, 5) is 23.3. The molecule has 1 rings (SSSR count). The molecule has 1 N–H and O–H groups in total. The van der Waals surface area contributed by atoms with E-state index in [0.717, 1.165) is 19.4 Å². The third kappa shape index (κ3) is 4.29. The zero-order valence-corrected chi connectivity index (χ0v) is 8.94. The minimum absolute atomic E-state index is 0.0680. The zero-order valence-electron chi connectivity index (χ0n) is 8.94. The second-order valence-electron chi connectivity index (χ2n) is 3.80. The Morgan fingerprint density at radius 3 is 2.73 bits per heavy atom. The first-order valence-corrected chi connectivity index (χ1v) is 5.17. The van der Waals surface area contributed by atoms with Crippen molar-refractivity contribution in [3.8, 4) is 0 Å². The Morgan fingerprint density at radius 2 is 2.20 bits per heavy atom. The average molecular weight is 215 g/mol. The molecule has 86 valence electrons. The van der Waals surface area contributed by atoms with Crippen LogP contribution < -0.4 is 0 Å². The highest BCUT2D eigenvalue weighted by Crippen LogP contribution is 2.13. The fourth-order valence-corrected chi connectivity index (χ4v) is 1.60. The third-order valence-corrected chi connectivity index (χ3v) is 2.48. The molecule has 1 unspecified atom stereocenters. The highest BCUT2D eigenvalue weighted by molar-refractivity contribution is 5.80. The van der Waals surface area contributed by atoms with Gasteiger partial charge in [0.2, 0.25) is 5.91 Å². The highest BCUT2D eigenvalue weighted by Gasteiger charge is 2.20. The van der Waals surface area contributed by atoms with Crippen molar-refractivity contribution in [2.45, 2.75) is 31.8 Å². The van der Waals surface area contributed by atoms with Gasteiger partial charge >= 0.3 is 5.97 Å². The molecule has 0 aromatic rings. The number of amides is 1. The Bertz CT molecular complexity index is 236. The van der Waals surface area contributed by atoms with Gasteiger partial charge in [0.25, 0.3) is 0 Å². The van der Waals surface area contributed by atoms with Crippen molar-refractivity contribution in [3.05, 3.63) is 0 Å². The van der Waals surface area contributed by atoms with Crippen molar-refractivity contribution in [2.75, 3.05) is 20.2 Å². The van der Waals surface area contributed by atoms with Crippen LogP contribution in [-0.2, 0) is 14.3 Å². The lowest BCUT2D eigenvalue weighted by Crippen LogP contribution is -2.34. The molecular formula is C10H17NO4. The van der Waals surface area contributed by atoms with Crippen molar-refractivity contribution in [1.82, 2.24) is 4.90 Å². The number of carbonyl (C=O) groups is 2. The van der Waals surface area contributed by atoms with E-state index >= 15 is 0 Å². The average Bonchev–Trinajstić information content (AvgIpc) is 2.66. The summed E-state index contributed by atoms with van der Waals surface area (Å²) in [6.45, 7) is 1.33. The first-order valence-electron chi connectivity index (χ1n) is 5.17. The van der Waals surface area contributed by atoms with Gasteiger partial charge in [-0.2, -0.15) is 0 Å². The lowest BCUT2D eigenvalue weighted by Gasteiger charge is -2.20. The Kier molecular flexibility index (Phi) is 4.55. The first-order chi connectivity index (χ1) is 7.09. The van der Waals surface area contributed by atoms with Crippen LogP contribution in [0.15, 0.2) is 0 Å². The summed E-state index contributed by atoms with van der Waals surface area (Å²) >= 11 is 0. The number of hydrogen-bond acceptors (Lipinski definition) is 3. The largest absolute Gasteiger partial charge is 0.481 e. The summed E-state index contributed by atoms with van der Waals surface area (Å²) < 4.78 is 5.39. The first kappa shape index (κ1) is 12.0. The molecule has 0 bridgehead atoms. The minimum atomic E-state index is -0.936. The molecule has 0 aromatic carbocycles. The van der Waals surface area contributed by atoms with Crippen LogP contribution in [0.2, 0.25) is 0 Å². The highest BCUT2D eigenvalue weighted by atomic mass is 16.5. The van der Waals surface area contributed by atoms with E-state index in [1.54, 1.807) is 11.9 Å². The van der Waals surface area contributed by atoms with Crippen LogP contribution in [0.4, 0.5) is 0 Å². The fourth-order valence-electron chi connectivity index (χ4n) is 1.60. The van der Waals surface area contributed by atoms with Crippen LogP contribution in [0.1, 0.15) is 25.7 Å². The Hall–Kier alpha value is -1.10. The molecule has 0 saturated carbocycles. The number of aliphatic carboxylic acids is 1. The summed E-state index contributed by atoms with van der Waals surface area (Å²) in [5, 5.41) is 8.43. The normalized spacial score (nSPS) is 20.2. The number of carbonyl (C=O) groups excluding carboxylic acids is 1. The maximum absolute atomic E-state index is 11.4. The van der Waals surface area contributed by atoms with Crippen LogP contribution in [-0.4, -0.2) is 48.2 Å². The van der Waals surface area contributed by atoms with E-state index in [9.17, 15) is 9.59 Å². The summed E-state index contributed by atoms with van der Waals surface area (Å²) in [5.41, 5.74) is 0. The SMILES string of the molecule is CN(CC1CCCO1)C(=O)CCC(=O)O. The number of carboxylic acids is 1. The fraction of sp³-hybridized carbons (Fsp3) is 0.800. The number of likely N-dealkylation sites (N-methyl/N-ethyl adjacent to an activating group) is 1. The van der Waals surface area contributed by atoms with E-state index in [1.165, 1.54) is 0 Å². The van der Waals surface area contributed by atoms with Crippen LogP contribution in [0.3, 0.4) is 0 Å². The van der Waals surface area contributed by atoms with E-state index in [1.807, 2.05) is 0 Å². The van der Waals surface area contributed by atoms with E-state index < -0.39 is 5.97 Å². The van der Waals surface area contributed by atoms with Gasteiger partial charge in [-0.1, -0.05) is 0 Å². The van der Waals surface area contributed by atoms with Gasteiger partial charge in [-0.25, -0.2) is 0 Å². The number of rotatable bonds is 5. The van der Waals surface area contributed by atoms with E-state index in [4.69, 9.17) is 9.84 Å². The Morgan fingerprint density at radius 1 is 1.47 bits per heavy atom. The smallest absolute Gasteiger partial charge is 0.303 e. The number of hydrogen-bond donors (Lipinski definition) is 1. The monoisotopic (exact) mass is 215 g/mol. The van der Waals surface area contributed by atoms with Crippen molar-refractivity contribution in [3.63, 3.8) is 0 Å². The van der Waals surface area contributed by atoms with E-state index in [2.05, 4.69) is 0 Å². The Balaban J connectivity index is 2.22. The topological polar surface area (TPSA) is 66.8 Å². The molecule has 1 fully saturated rings. The van der Waals surface area contributed by atoms with Gasteiger partial charge in [0.15, 0.2) is 0 Å². The van der Waals surface area contributed by atoms with Gasteiger partial charge < -0.3 is 14.7 Å². The molecule has 1 saturated heterocycles. The molecule has 0 aromatic heterocycles. The van der Waals surface area contributed by atoms with Crippen LogP contribution in [0.25, 0.3) is 0 Å².